The van der Waals surface area contributed by atoms with E-state index in [0.29, 0.717) is 23.6 Å². The van der Waals surface area contributed by atoms with Gasteiger partial charge >= 0.3 is 0 Å². The van der Waals surface area contributed by atoms with Gasteiger partial charge in [-0.1, -0.05) is 12.1 Å². The summed E-state index contributed by atoms with van der Waals surface area (Å²) in [5, 5.41) is 3.30. The Labute approximate surface area is 166 Å². The van der Waals surface area contributed by atoms with Crippen molar-refractivity contribution in [2.45, 2.75) is 26.2 Å². The molecule has 2 aliphatic rings. The van der Waals surface area contributed by atoms with Gasteiger partial charge in [0.25, 0.3) is 11.8 Å². The number of amides is 2. The summed E-state index contributed by atoms with van der Waals surface area (Å²) < 4.78 is 5.43. The zero-order valence-electron chi connectivity index (χ0n) is 16.8. The number of rotatable bonds is 7. The van der Waals surface area contributed by atoms with E-state index in [1.807, 2.05) is 14.0 Å². The van der Waals surface area contributed by atoms with Crippen LogP contribution in [-0.2, 0) is 4.74 Å². The number of nitrogens with one attached hydrogen (secondary N) is 1. The van der Waals surface area contributed by atoms with Crippen LogP contribution in [0.25, 0.3) is 0 Å². The van der Waals surface area contributed by atoms with E-state index in [4.69, 9.17) is 4.74 Å². The molecule has 0 radical (unpaired) electrons. The largest absolute Gasteiger partial charge is 0.381 e. The lowest BCUT2D eigenvalue weighted by atomic mass is 9.96. The maximum absolute atomic E-state index is 12.4. The number of ether oxygens (including phenoxy) is 1. The molecule has 1 aromatic rings. The zero-order valence-corrected chi connectivity index (χ0v) is 16.8. The maximum Gasteiger partial charge on any atom is 0.261 e. The van der Waals surface area contributed by atoms with Gasteiger partial charge in [-0.25, -0.2) is 0 Å². The maximum atomic E-state index is 12.4. The predicted molar refractivity (Wildman–Crippen MR) is 109 cm³/mol. The van der Waals surface area contributed by atoms with Crippen molar-refractivity contribution >= 4 is 17.8 Å². The number of aliphatic imine (C=N–C) groups is 1. The molecule has 152 valence electrons. The van der Waals surface area contributed by atoms with Gasteiger partial charge in [0.1, 0.15) is 0 Å². The molecule has 1 saturated heterocycles. The molecule has 0 bridgehead atoms. The summed E-state index contributed by atoms with van der Waals surface area (Å²) in [5.74, 6) is 1.06. The van der Waals surface area contributed by atoms with E-state index in [1.54, 1.807) is 24.3 Å². The summed E-state index contributed by atoms with van der Waals surface area (Å²) in [6.07, 6.45) is 3.37. The molecule has 0 aromatic heterocycles. The van der Waals surface area contributed by atoms with Crippen LogP contribution in [0.15, 0.2) is 29.3 Å². The number of nitrogens with zero attached hydrogens (tertiary/aromatic N) is 3. The van der Waals surface area contributed by atoms with Gasteiger partial charge in [-0.2, -0.15) is 0 Å². The Hall–Kier alpha value is -2.41. The molecule has 1 aromatic carbocycles. The topological polar surface area (TPSA) is 74.2 Å². The van der Waals surface area contributed by atoms with Crippen molar-refractivity contribution in [3.8, 4) is 0 Å². The Balaban J connectivity index is 1.54. The first-order valence-corrected chi connectivity index (χ1v) is 10.1. The zero-order chi connectivity index (χ0) is 19.9. The van der Waals surface area contributed by atoms with Gasteiger partial charge in [0.2, 0.25) is 0 Å². The van der Waals surface area contributed by atoms with Crippen LogP contribution in [0.4, 0.5) is 0 Å². The molecule has 0 atom stereocenters. The number of benzene rings is 1. The van der Waals surface area contributed by atoms with E-state index in [2.05, 4.69) is 15.2 Å². The Morgan fingerprint density at radius 3 is 2.46 bits per heavy atom. The fraction of sp³-hybridized carbons (Fsp3) is 0.571. The van der Waals surface area contributed by atoms with Gasteiger partial charge in [0.05, 0.1) is 17.7 Å². The van der Waals surface area contributed by atoms with Crippen LogP contribution in [0.2, 0.25) is 0 Å². The normalized spacial score (nSPS) is 17.8. The van der Waals surface area contributed by atoms with Crippen LogP contribution in [0, 0.1) is 5.92 Å². The average molecular weight is 386 g/mol. The molecule has 28 heavy (non-hydrogen) atoms. The second-order valence-corrected chi connectivity index (χ2v) is 7.31. The minimum atomic E-state index is -0.228. The third-order valence-corrected chi connectivity index (χ3v) is 5.37. The molecule has 0 spiro atoms. The molecule has 2 amide bonds. The molecular formula is C21H30N4O3. The van der Waals surface area contributed by atoms with Crippen LogP contribution in [0.3, 0.4) is 0 Å². The van der Waals surface area contributed by atoms with E-state index < -0.39 is 0 Å². The van der Waals surface area contributed by atoms with E-state index in [-0.39, 0.29) is 18.4 Å². The standard InChI is InChI=1S/C21H30N4O3/c1-3-22-21(24(2)12-8-16-9-14-28-15-10-16)23-11-13-25-19(26)17-6-4-5-7-18(17)20(25)27/h4-7,16H,3,8-15H2,1-2H3,(H,22,23). The van der Waals surface area contributed by atoms with Gasteiger partial charge in [-0.15, -0.1) is 0 Å². The molecule has 7 nitrogen and oxygen atoms in total. The van der Waals surface area contributed by atoms with Crippen molar-refractivity contribution in [1.29, 1.82) is 0 Å². The first-order valence-electron chi connectivity index (χ1n) is 10.1. The van der Waals surface area contributed by atoms with Crippen molar-refractivity contribution in [3.05, 3.63) is 35.4 Å². The first kappa shape index (κ1) is 20.3. The third kappa shape index (κ3) is 4.70. The van der Waals surface area contributed by atoms with Crippen molar-refractivity contribution in [1.82, 2.24) is 15.1 Å². The Bertz CT molecular complexity index is 693. The third-order valence-electron chi connectivity index (χ3n) is 5.37. The summed E-state index contributed by atoms with van der Waals surface area (Å²) in [5.41, 5.74) is 0.967. The van der Waals surface area contributed by atoms with Gasteiger partial charge in [0.15, 0.2) is 5.96 Å². The summed E-state index contributed by atoms with van der Waals surface area (Å²) in [6.45, 7) is 6.12. The van der Waals surface area contributed by atoms with Crippen LogP contribution in [0.1, 0.15) is 46.9 Å². The highest BCUT2D eigenvalue weighted by Gasteiger charge is 2.34. The predicted octanol–water partition coefficient (Wildman–Crippen LogP) is 2.00. The van der Waals surface area contributed by atoms with Crippen LogP contribution in [0.5, 0.6) is 0 Å². The van der Waals surface area contributed by atoms with Crippen molar-refractivity contribution < 1.29 is 14.3 Å². The fourth-order valence-electron chi connectivity index (χ4n) is 3.69. The average Bonchev–Trinajstić information content (AvgIpc) is 2.97. The molecular weight excluding hydrogens is 356 g/mol. The first-order chi connectivity index (χ1) is 13.6. The minimum absolute atomic E-state index is 0.228. The number of carbonyl (C=O) groups excluding carboxylic acids is 2. The van der Waals surface area contributed by atoms with E-state index in [1.165, 1.54) is 4.90 Å². The van der Waals surface area contributed by atoms with Gasteiger partial charge in [-0.3, -0.25) is 19.5 Å². The van der Waals surface area contributed by atoms with Gasteiger partial charge in [-0.05, 0) is 44.2 Å². The lowest BCUT2D eigenvalue weighted by molar-refractivity contribution is 0.0624. The van der Waals surface area contributed by atoms with Crippen molar-refractivity contribution in [2.75, 3.05) is 46.4 Å². The molecule has 0 unspecified atom stereocenters. The number of fused-ring (bicyclic) bond motifs is 1. The number of carbonyl (C=O) groups is 2. The Morgan fingerprint density at radius 1 is 1.21 bits per heavy atom. The van der Waals surface area contributed by atoms with E-state index >= 15 is 0 Å². The van der Waals surface area contributed by atoms with Crippen LogP contribution in [-0.4, -0.2) is 74.0 Å². The van der Waals surface area contributed by atoms with Crippen molar-refractivity contribution in [2.24, 2.45) is 10.9 Å². The molecule has 7 heteroatoms. The summed E-state index contributed by atoms with van der Waals surface area (Å²) in [7, 11) is 2.03. The molecule has 2 aliphatic heterocycles. The van der Waals surface area contributed by atoms with Gasteiger partial charge in [0, 0.05) is 39.9 Å². The van der Waals surface area contributed by atoms with E-state index in [0.717, 1.165) is 51.5 Å². The molecule has 2 heterocycles. The highest BCUT2D eigenvalue weighted by molar-refractivity contribution is 6.21. The number of hydrogen-bond acceptors (Lipinski definition) is 4. The smallest absolute Gasteiger partial charge is 0.261 e. The number of imide groups is 1. The highest BCUT2D eigenvalue weighted by atomic mass is 16.5. The molecule has 3 rings (SSSR count). The molecule has 0 saturated carbocycles. The van der Waals surface area contributed by atoms with Crippen LogP contribution < -0.4 is 5.32 Å². The Kier molecular flexibility index (Phi) is 7.03. The monoisotopic (exact) mass is 386 g/mol. The SMILES string of the molecule is CCNC(=NCCN1C(=O)c2ccccc2C1=O)N(C)CCC1CCOCC1. The molecule has 1 fully saturated rings. The lowest BCUT2D eigenvalue weighted by Crippen LogP contribution is -2.41. The Morgan fingerprint density at radius 2 is 1.86 bits per heavy atom. The second kappa shape index (κ2) is 9.68. The number of guanidine groups is 1. The van der Waals surface area contributed by atoms with E-state index in [9.17, 15) is 9.59 Å². The minimum Gasteiger partial charge on any atom is -0.381 e. The second-order valence-electron chi connectivity index (χ2n) is 7.31. The quantitative estimate of drug-likeness (QED) is 0.441. The molecule has 1 N–H and O–H groups in total. The fourth-order valence-corrected chi connectivity index (χ4v) is 3.69. The number of hydrogen-bond donors (Lipinski definition) is 1. The highest BCUT2D eigenvalue weighted by Crippen LogP contribution is 2.22. The van der Waals surface area contributed by atoms with Gasteiger partial charge < -0.3 is 15.0 Å². The summed E-state index contributed by atoms with van der Waals surface area (Å²) >= 11 is 0. The molecule has 0 aliphatic carbocycles. The van der Waals surface area contributed by atoms with Crippen molar-refractivity contribution in [3.63, 3.8) is 0 Å². The lowest BCUT2D eigenvalue weighted by Gasteiger charge is -2.27. The van der Waals surface area contributed by atoms with Crippen LogP contribution >= 0.6 is 0 Å². The summed E-state index contributed by atoms with van der Waals surface area (Å²) in [4.78, 5) is 32.9. The summed E-state index contributed by atoms with van der Waals surface area (Å²) in [6, 6.07) is 6.96.